The van der Waals surface area contributed by atoms with Crippen LogP contribution >= 0.6 is 0 Å². The summed E-state index contributed by atoms with van der Waals surface area (Å²) in [4.78, 5) is 70.6. The van der Waals surface area contributed by atoms with Crippen LogP contribution in [0.15, 0.2) is 0 Å². The van der Waals surface area contributed by atoms with Crippen LogP contribution < -0.4 is 32.7 Å². The summed E-state index contributed by atoms with van der Waals surface area (Å²) in [7, 11) is 0. The van der Waals surface area contributed by atoms with Crippen LogP contribution in [-0.2, 0) is 28.8 Å². The summed E-state index contributed by atoms with van der Waals surface area (Å²) >= 11 is 0. The third-order valence-electron chi connectivity index (χ3n) is 4.75. The van der Waals surface area contributed by atoms with Crippen LogP contribution in [0.4, 0.5) is 0 Å². The maximum Gasteiger partial charge on any atom is 0.326 e. The fourth-order valence-corrected chi connectivity index (χ4v) is 2.63. The van der Waals surface area contributed by atoms with Crippen molar-refractivity contribution < 1.29 is 39.0 Å². The molecule has 10 N–H and O–H groups in total. The van der Waals surface area contributed by atoms with E-state index in [1.54, 1.807) is 13.8 Å². The van der Waals surface area contributed by atoms with Gasteiger partial charge in [-0.1, -0.05) is 13.8 Å². The lowest BCUT2D eigenvalue weighted by molar-refractivity contribution is -0.143. The monoisotopic (exact) mass is 488 g/mol. The molecule has 0 fully saturated rings. The van der Waals surface area contributed by atoms with Gasteiger partial charge < -0.3 is 42.9 Å². The first-order chi connectivity index (χ1) is 15.9. The van der Waals surface area contributed by atoms with Crippen molar-refractivity contribution in [2.75, 3.05) is 19.6 Å². The highest BCUT2D eigenvalue weighted by atomic mass is 16.4. The number of carbonyl (C=O) groups is 6. The first kappa shape index (κ1) is 30.7. The number of carbonyl (C=O) groups excluding carboxylic acids is 4. The molecule has 0 aromatic carbocycles. The maximum atomic E-state index is 12.5. The number of carboxylic acid groups (broad SMARTS) is 2. The third kappa shape index (κ3) is 13.3. The van der Waals surface area contributed by atoms with Crippen LogP contribution in [0.25, 0.3) is 0 Å². The van der Waals surface area contributed by atoms with Gasteiger partial charge in [0.05, 0.1) is 19.1 Å². The van der Waals surface area contributed by atoms with E-state index in [4.69, 9.17) is 16.6 Å². The van der Waals surface area contributed by atoms with Gasteiger partial charge >= 0.3 is 11.9 Å². The Morgan fingerprint density at radius 2 is 1.41 bits per heavy atom. The zero-order chi connectivity index (χ0) is 26.3. The predicted molar refractivity (Wildman–Crippen MR) is 120 cm³/mol. The second-order valence-corrected chi connectivity index (χ2v) is 8.00. The fourth-order valence-electron chi connectivity index (χ4n) is 2.63. The molecule has 0 aromatic heterocycles. The normalized spacial score (nSPS) is 13.3. The van der Waals surface area contributed by atoms with Crippen LogP contribution in [0.5, 0.6) is 0 Å². The molecule has 14 heteroatoms. The summed E-state index contributed by atoms with van der Waals surface area (Å²) < 4.78 is 0. The van der Waals surface area contributed by atoms with Gasteiger partial charge in [0.1, 0.15) is 12.1 Å². The number of nitrogens with one attached hydrogen (secondary N) is 4. The molecule has 4 amide bonds. The Hall–Kier alpha value is -3.26. The molecule has 3 atom stereocenters. The Kier molecular flexibility index (Phi) is 14.8. The highest BCUT2D eigenvalue weighted by molar-refractivity contribution is 5.93. The summed E-state index contributed by atoms with van der Waals surface area (Å²) in [6, 6.07) is -3.36. The van der Waals surface area contributed by atoms with Crippen molar-refractivity contribution >= 4 is 35.6 Å². The van der Waals surface area contributed by atoms with Gasteiger partial charge in [0, 0.05) is 6.42 Å². The number of carboxylic acids is 2. The van der Waals surface area contributed by atoms with E-state index in [9.17, 15) is 33.9 Å². The largest absolute Gasteiger partial charge is 0.481 e. The molecule has 0 heterocycles. The van der Waals surface area contributed by atoms with Crippen LogP contribution in [0.1, 0.15) is 46.0 Å². The van der Waals surface area contributed by atoms with E-state index >= 15 is 0 Å². The van der Waals surface area contributed by atoms with E-state index in [-0.39, 0.29) is 18.8 Å². The second-order valence-electron chi connectivity index (χ2n) is 8.00. The zero-order valence-corrected chi connectivity index (χ0v) is 19.5. The standard InChI is InChI=1S/C20H36N6O8/c1-11(2)17(22)19(32)24-9-14(27)23-10-15(28)25-12(6-7-16(29)30)18(31)26-13(20(33)34)5-3-4-8-21/h11-13,17H,3-10,21-22H2,1-2H3,(H,23,27)(H,24,32)(H,25,28)(H,26,31)(H,29,30)(H,33,34)/t12-,13-,17-/m0/s1. The van der Waals surface area contributed by atoms with E-state index in [0.717, 1.165) is 0 Å². The first-order valence-electron chi connectivity index (χ1n) is 10.9. The number of amides is 4. The van der Waals surface area contributed by atoms with Crippen LogP contribution in [0, 0.1) is 5.92 Å². The molecule has 0 aliphatic carbocycles. The average Bonchev–Trinajstić information content (AvgIpc) is 2.76. The number of unbranched alkanes of at least 4 members (excludes halogenated alkanes) is 1. The highest BCUT2D eigenvalue weighted by Gasteiger charge is 2.27. The minimum absolute atomic E-state index is 0.111. The van der Waals surface area contributed by atoms with Gasteiger partial charge in [-0.15, -0.1) is 0 Å². The number of hydrogen-bond acceptors (Lipinski definition) is 8. The minimum Gasteiger partial charge on any atom is -0.481 e. The Morgan fingerprint density at radius 3 is 1.94 bits per heavy atom. The maximum absolute atomic E-state index is 12.5. The van der Waals surface area contributed by atoms with Crippen LogP contribution in [0.2, 0.25) is 0 Å². The van der Waals surface area contributed by atoms with E-state index in [2.05, 4.69) is 21.3 Å². The molecule has 0 bridgehead atoms. The second kappa shape index (κ2) is 16.4. The molecule has 0 unspecified atom stereocenters. The van der Waals surface area contributed by atoms with Crippen molar-refractivity contribution in [1.82, 2.24) is 21.3 Å². The topological polar surface area (TPSA) is 243 Å². The Bertz CT molecular complexity index is 730. The predicted octanol–water partition coefficient (Wildman–Crippen LogP) is -2.75. The van der Waals surface area contributed by atoms with Crippen molar-refractivity contribution in [1.29, 1.82) is 0 Å². The molecule has 0 aromatic rings. The van der Waals surface area contributed by atoms with Crippen molar-refractivity contribution in [3.05, 3.63) is 0 Å². The molecule has 0 aliphatic rings. The van der Waals surface area contributed by atoms with E-state index in [0.29, 0.717) is 19.4 Å². The fraction of sp³-hybridized carbons (Fsp3) is 0.700. The average molecular weight is 489 g/mol. The van der Waals surface area contributed by atoms with Crippen molar-refractivity contribution in [3.63, 3.8) is 0 Å². The zero-order valence-electron chi connectivity index (χ0n) is 19.5. The van der Waals surface area contributed by atoms with Crippen LogP contribution in [-0.4, -0.2) is 83.5 Å². The highest BCUT2D eigenvalue weighted by Crippen LogP contribution is 2.04. The summed E-state index contributed by atoms with van der Waals surface area (Å²) in [6.45, 7) is 2.87. The van der Waals surface area contributed by atoms with Gasteiger partial charge in [0.25, 0.3) is 0 Å². The van der Waals surface area contributed by atoms with Gasteiger partial charge in [-0.2, -0.15) is 0 Å². The molecule has 0 saturated carbocycles. The van der Waals surface area contributed by atoms with Gasteiger partial charge in [-0.3, -0.25) is 24.0 Å². The van der Waals surface area contributed by atoms with Crippen molar-refractivity contribution in [2.24, 2.45) is 17.4 Å². The quantitative estimate of drug-likeness (QED) is 0.0981. The van der Waals surface area contributed by atoms with Crippen LogP contribution in [0.3, 0.4) is 0 Å². The van der Waals surface area contributed by atoms with Gasteiger partial charge in [-0.05, 0) is 38.1 Å². The summed E-state index contributed by atoms with van der Waals surface area (Å²) in [5.41, 5.74) is 11.0. The third-order valence-corrected chi connectivity index (χ3v) is 4.75. The molecular formula is C20H36N6O8. The summed E-state index contributed by atoms with van der Waals surface area (Å²) in [6.07, 6.45) is 0.365. The van der Waals surface area contributed by atoms with Crippen molar-refractivity contribution in [3.8, 4) is 0 Å². The van der Waals surface area contributed by atoms with Gasteiger partial charge in [-0.25, -0.2) is 4.79 Å². The van der Waals surface area contributed by atoms with Gasteiger partial charge in [0.2, 0.25) is 23.6 Å². The number of rotatable bonds is 17. The lowest BCUT2D eigenvalue weighted by Crippen LogP contribution is -2.53. The summed E-state index contributed by atoms with van der Waals surface area (Å²) in [5.74, 6) is -5.51. The Morgan fingerprint density at radius 1 is 0.794 bits per heavy atom. The Balaban J connectivity index is 4.85. The number of hydrogen-bond donors (Lipinski definition) is 8. The van der Waals surface area contributed by atoms with E-state index in [1.807, 2.05) is 0 Å². The molecule has 14 nitrogen and oxygen atoms in total. The van der Waals surface area contributed by atoms with Gasteiger partial charge in [0.15, 0.2) is 0 Å². The molecule has 0 aliphatic heterocycles. The molecule has 34 heavy (non-hydrogen) atoms. The summed E-state index contributed by atoms with van der Waals surface area (Å²) in [5, 5.41) is 27.3. The van der Waals surface area contributed by atoms with E-state index in [1.165, 1.54) is 0 Å². The SMILES string of the molecule is CC(C)[C@H](N)C(=O)NCC(=O)NCC(=O)N[C@@H](CCC(=O)O)C(=O)N[C@@H](CCCCN)C(=O)O. The number of nitrogens with two attached hydrogens (primary N) is 2. The first-order valence-corrected chi connectivity index (χ1v) is 10.9. The minimum atomic E-state index is -1.33. The lowest BCUT2D eigenvalue weighted by Gasteiger charge is -2.21. The molecule has 0 rings (SSSR count). The molecule has 0 radical (unpaired) electrons. The number of aliphatic carboxylic acids is 2. The molecule has 0 saturated heterocycles. The molecule has 194 valence electrons. The van der Waals surface area contributed by atoms with E-state index < -0.39 is 73.2 Å². The Labute approximate surface area is 197 Å². The lowest BCUT2D eigenvalue weighted by atomic mass is 10.1. The smallest absolute Gasteiger partial charge is 0.326 e. The molecular weight excluding hydrogens is 452 g/mol. The van der Waals surface area contributed by atoms with Crippen molar-refractivity contribution in [2.45, 2.75) is 64.1 Å². The molecule has 0 spiro atoms.